The lowest BCUT2D eigenvalue weighted by Crippen LogP contribution is -2.57. The first-order valence-corrected chi connectivity index (χ1v) is 11.6. The van der Waals surface area contributed by atoms with E-state index in [1.54, 1.807) is 24.3 Å². The molecule has 198 valence electrons. The van der Waals surface area contributed by atoms with E-state index < -0.39 is 53.9 Å². The van der Waals surface area contributed by atoms with Crippen molar-refractivity contribution in [2.45, 2.75) is 50.9 Å². The zero-order chi connectivity index (χ0) is 27.5. The number of hydrogen-bond donors (Lipinski definition) is 5. The van der Waals surface area contributed by atoms with Crippen molar-refractivity contribution in [2.75, 3.05) is 7.11 Å². The lowest BCUT2D eigenvalue weighted by atomic mass is 10.0. The standard InChI is InChI=1S/C26H31N3O8/c1-15(23(33)28-20(26(36)37-3)13-14-21(31)32)27-25(35)22(16(2)30)29-24(34)19-11-9-18(10-12-19)17-7-5-4-6-8-17/h4-12,15-16,20,22,30H,13-14H2,1-3H3,(H,27,35)(H,28,33)(H,29,34)(H,31,32)/t15-,16+,20-,22-/m0/s1. The van der Waals surface area contributed by atoms with Gasteiger partial charge in [-0.05, 0) is 43.5 Å². The number of carbonyl (C=O) groups excluding carboxylic acids is 4. The first-order chi connectivity index (χ1) is 17.5. The predicted molar refractivity (Wildman–Crippen MR) is 133 cm³/mol. The van der Waals surface area contributed by atoms with Crippen LogP contribution in [0.1, 0.15) is 37.0 Å². The second kappa shape index (κ2) is 13.7. The molecule has 5 N–H and O–H groups in total. The number of ether oxygens (including phenoxy) is 1. The first-order valence-electron chi connectivity index (χ1n) is 11.6. The smallest absolute Gasteiger partial charge is 0.328 e. The zero-order valence-corrected chi connectivity index (χ0v) is 20.8. The van der Waals surface area contributed by atoms with Gasteiger partial charge in [-0.2, -0.15) is 0 Å². The number of methoxy groups -OCH3 is 1. The Hall–Kier alpha value is -4.25. The zero-order valence-electron chi connectivity index (χ0n) is 20.8. The lowest BCUT2D eigenvalue weighted by Gasteiger charge is -2.24. The molecule has 0 aromatic heterocycles. The van der Waals surface area contributed by atoms with Gasteiger partial charge in [0.05, 0.1) is 13.2 Å². The highest BCUT2D eigenvalue weighted by atomic mass is 16.5. The molecule has 11 heteroatoms. The lowest BCUT2D eigenvalue weighted by molar-refractivity contribution is -0.146. The number of aliphatic carboxylic acids is 1. The van der Waals surface area contributed by atoms with Crippen molar-refractivity contribution in [1.29, 1.82) is 0 Å². The van der Waals surface area contributed by atoms with Crippen LogP contribution in [0.2, 0.25) is 0 Å². The van der Waals surface area contributed by atoms with Crippen molar-refractivity contribution >= 4 is 29.7 Å². The van der Waals surface area contributed by atoms with E-state index in [0.29, 0.717) is 0 Å². The number of rotatable bonds is 12. The van der Waals surface area contributed by atoms with Crippen molar-refractivity contribution in [3.05, 3.63) is 60.2 Å². The molecule has 0 fully saturated rings. The largest absolute Gasteiger partial charge is 0.481 e. The number of carboxylic acids is 1. The number of carboxylic acid groups (broad SMARTS) is 1. The third-order valence-electron chi connectivity index (χ3n) is 5.51. The third kappa shape index (κ3) is 8.73. The summed E-state index contributed by atoms with van der Waals surface area (Å²) < 4.78 is 4.58. The van der Waals surface area contributed by atoms with Crippen LogP contribution in [0, 0.1) is 0 Å². The van der Waals surface area contributed by atoms with Crippen molar-refractivity contribution in [3.63, 3.8) is 0 Å². The van der Waals surface area contributed by atoms with E-state index in [9.17, 15) is 29.1 Å². The fourth-order valence-corrected chi connectivity index (χ4v) is 3.40. The predicted octanol–water partition coefficient (Wildman–Crippen LogP) is 0.860. The summed E-state index contributed by atoms with van der Waals surface area (Å²) in [6, 6.07) is 12.5. The molecule has 0 radical (unpaired) electrons. The maximum absolute atomic E-state index is 12.8. The minimum absolute atomic E-state index is 0.205. The minimum Gasteiger partial charge on any atom is -0.481 e. The highest BCUT2D eigenvalue weighted by Crippen LogP contribution is 2.19. The summed E-state index contributed by atoms with van der Waals surface area (Å²) in [4.78, 5) is 60.7. The number of aliphatic hydroxyl groups excluding tert-OH is 1. The van der Waals surface area contributed by atoms with Gasteiger partial charge in [0, 0.05) is 12.0 Å². The van der Waals surface area contributed by atoms with Crippen LogP contribution in [0.15, 0.2) is 54.6 Å². The average molecular weight is 514 g/mol. The molecule has 0 spiro atoms. The van der Waals surface area contributed by atoms with Crippen LogP contribution in [0.3, 0.4) is 0 Å². The second-order valence-electron chi connectivity index (χ2n) is 8.38. The van der Waals surface area contributed by atoms with E-state index in [0.717, 1.165) is 18.2 Å². The minimum atomic E-state index is -1.38. The molecule has 0 aliphatic carbocycles. The highest BCUT2D eigenvalue weighted by Gasteiger charge is 2.30. The summed E-state index contributed by atoms with van der Waals surface area (Å²) in [6.45, 7) is 2.65. The van der Waals surface area contributed by atoms with Crippen molar-refractivity contribution in [3.8, 4) is 11.1 Å². The van der Waals surface area contributed by atoms with Crippen molar-refractivity contribution in [1.82, 2.24) is 16.0 Å². The Labute approximate surface area is 214 Å². The Kier molecular flexibility index (Phi) is 10.8. The quantitative estimate of drug-likeness (QED) is 0.260. The maximum atomic E-state index is 12.8. The van der Waals surface area contributed by atoms with E-state index in [4.69, 9.17) is 5.11 Å². The third-order valence-corrected chi connectivity index (χ3v) is 5.51. The summed E-state index contributed by atoms with van der Waals surface area (Å²) in [5.74, 6) is -4.19. The van der Waals surface area contributed by atoms with Gasteiger partial charge in [-0.1, -0.05) is 42.5 Å². The topological polar surface area (TPSA) is 171 Å². The molecule has 3 amide bonds. The van der Waals surface area contributed by atoms with Gasteiger partial charge < -0.3 is 30.9 Å². The van der Waals surface area contributed by atoms with Gasteiger partial charge in [-0.25, -0.2) is 4.79 Å². The van der Waals surface area contributed by atoms with Gasteiger partial charge in [-0.15, -0.1) is 0 Å². The Morgan fingerprint density at radius 1 is 0.838 bits per heavy atom. The van der Waals surface area contributed by atoms with Crippen LogP contribution in [0.25, 0.3) is 11.1 Å². The summed E-state index contributed by atoms with van der Waals surface area (Å²) >= 11 is 0. The molecule has 0 aliphatic rings. The Balaban J connectivity index is 2.02. The van der Waals surface area contributed by atoms with Crippen molar-refractivity contribution < 1.29 is 38.9 Å². The maximum Gasteiger partial charge on any atom is 0.328 e. The van der Waals surface area contributed by atoms with Gasteiger partial charge >= 0.3 is 11.9 Å². The summed E-state index contributed by atoms with van der Waals surface area (Å²) in [6.07, 6.45) is -1.88. The molecule has 0 saturated heterocycles. The van der Waals surface area contributed by atoms with E-state index in [-0.39, 0.29) is 18.4 Å². The van der Waals surface area contributed by atoms with Crippen LogP contribution < -0.4 is 16.0 Å². The van der Waals surface area contributed by atoms with Crippen LogP contribution in [-0.2, 0) is 23.9 Å². The van der Waals surface area contributed by atoms with Gasteiger partial charge in [0.1, 0.15) is 18.1 Å². The molecular weight excluding hydrogens is 482 g/mol. The average Bonchev–Trinajstić information content (AvgIpc) is 2.88. The fraction of sp³-hybridized carbons (Fsp3) is 0.346. The van der Waals surface area contributed by atoms with Gasteiger partial charge in [-0.3, -0.25) is 19.2 Å². The molecule has 0 unspecified atom stereocenters. The molecule has 2 aromatic carbocycles. The first kappa shape index (κ1) is 29.0. The molecule has 4 atom stereocenters. The molecule has 0 bridgehead atoms. The van der Waals surface area contributed by atoms with Crippen LogP contribution in [0.4, 0.5) is 0 Å². The summed E-state index contributed by atoms with van der Waals surface area (Å²) in [5.41, 5.74) is 2.14. The molecule has 0 aliphatic heterocycles. The normalized spacial score (nSPS) is 13.8. The summed E-state index contributed by atoms with van der Waals surface area (Å²) in [5, 5.41) is 26.1. The van der Waals surface area contributed by atoms with E-state index >= 15 is 0 Å². The molecule has 11 nitrogen and oxygen atoms in total. The van der Waals surface area contributed by atoms with Gasteiger partial charge in [0.2, 0.25) is 11.8 Å². The molecule has 2 aromatic rings. The van der Waals surface area contributed by atoms with Crippen LogP contribution in [0.5, 0.6) is 0 Å². The van der Waals surface area contributed by atoms with Crippen molar-refractivity contribution in [2.24, 2.45) is 0 Å². The second-order valence-corrected chi connectivity index (χ2v) is 8.38. The monoisotopic (exact) mass is 513 g/mol. The molecular formula is C26H31N3O8. The van der Waals surface area contributed by atoms with E-state index in [2.05, 4.69) is 20.7 Å². The fourth-order valence-electron chi connectivity index (χ4n) is 3.40. The Bertz CT molecular complexity index is 1100. The number of carbonyl (C=O) groups is 5. The number of esters is 1. The van der Waals surface area contributed by atoms with E-state index in [1.807, 2.05) is 30.3 Å². The molecule has 0 saturated carbocycles. The number of hydrogen-bond acceptors (Lipinski definition) is 7. The summed E-state index contributed by atoms with van der Waals surface area (Å²) in [7, 11) is 1.10. The van der Waals surface area contributed by atoms with E-state index in [1.165, 1.54) is 13.8 Å². The Morgan fingerprint density at radius 3 is 1.97 bits per heavy atom. The van der Waals surface area contributed by atoms with Gasteiger partial charge in [0.15, 0.2) is 0 Å². The van der Waals surface area contributed by atoms with Crippen LogP contribution >= 0.6 is 0 Å². The number of amides is 3. The molecule has 2 rings (SSSR count). The number of nitrogens with one attached hydrogen (secondary N) is 3. The Morgan fingerprint density at radius 2 is 1.43 bits per heavy atom. The SMILES string of the molecule is COC(=O)[C@H](CCC(=O)O)NC(=O)[C@H](C)NC(=O)[C@@H](NC(=O)c1ccc(-c2ccccc2)cc1)[C@@H](C)O. The van der Waals surface area contributed by atoms with Gasteiger partial charge in [0.25, 0.3) is 5.91 Å². The van der Waals surface area contributed by atoms with Crippen LogP contribution in [-0.4, -0.2) is 71.2 Å². The molecule has 37 heavy (non-hydrogen) atoms. The number of aliphatic hydroxyl groups is 1. The molecule has 0 heterocycles. The highest BCUT2D eigenvalue weighted by molar-refractivity contribution is 5.99. The number of benzene rings is 2.